The minimum absolute atomic E-state index is 0.120. The van der Waals surface area contributed by atoms with E-state index in [0.29, 0.717) is 24.5 Å². The number of para-hydroxylation sites is 1. The third-order valence-corrected chi connectivity index (χ3v) is 11.6. The van der Waals surface area contributed by atoms with Crippen LogP contribution in [-0.4, -0.2) is 83.3 Å². The van der Waals surface area contributed by atoms with Gasteiger partial charge in [-0.1, -0.05) is 23.8 Å². The summed E-state index contributed by atoms with van der Waals surface area (Å²) in [5, 5.41) is 11.4. The van der Waals surface area contributed by atoms with E-state index in [1.165, 1.54) is 11.9 Å². The lowest BCUT2D eigenvalue weighted by molar-refractivity contribution is -0.138. The number of alkyl halides is 2. The summed E-state index contributed by atoms with van der Waals surface area (Å²) in [6, 6.07) is 12.2. The van der Waals surface area contributed by atoms with Crippen molar-refractivity contribution in [1.82, 2.24) is 4.90 Å². The smallest absolute Gasteiger partial charge is 0.253 e. The molecule has 3 aliphatic heterocycles. The molecule has 3 heterocycles. The molecule has 0 bridgehead atoms. The van der Waals surface area contributed by atoms with E-state index in [0.717, 1.165) is 23.7 Å². The number of rotatable bonds is 5. The third-order valence-electron chi connectivity index (χ3n) is 10.1. The van der Waals surface area contributed by atoms with Crippen LogP contribution in [0.4, 0.5) is 11.4 Å². The largest absolute Gasteiger partial charge is 0.504 e. The molecule has 4 amide bonds. The molecule has 2 aliphatic carbocycles. The number of carbonyl (C=O) groups is 4. The van der Waals surface area contributed by atoms with Crippen molar-refractivity contribution >= 4 is 58.2 Å². The van der Waals surface area contributed by atoms with Crippen LogP contribution in [0.15, 0.2) is 54.1 Å². The first kappa shape index (κ1) is 30.1. The number of aromatic hydroxyl groups is 1. The van der Waals surface area contributed by atoms with Crippen LogP contribution in [0, 0.1) is 17.8 Å². The molecule has 45 heavy (non-hydrogen) atoms. The maximum absolute atomic E-state index is 14.3. The molecule has 6 atom stereocenters. The van der Waals surface area contributed by atoms with Crippen molar-refractivity contribution in [2.45, 2.75) is 35.4 Å². The fourth-order valence-corrected chi connectivity index (χ4v) is 9.03. The number of ether oxygens (including phenoxy) is 2. The van der Waals surface area contributed by atoms with E-state index in [1.807, 2.05) is 18.2 Å². The van der Waals surface area contributed by atoms with Crippen molar-refractivity contribution < 1.29 is 33.8 Å². The Bertz CT molecular complexity index is 1640. The molecule has 12 heteroatoms. The number of likely N-dealkylation sites (tertiary alicyclic amines) is 1. The normalized spacial score (nSPS) is 32.8. The van der Waals surface area contributed by atoms with Crippen molar-refractivity contribution in [3.63, 3.8) is 0 Å². The van der Waals surface area contributed by atoms with Gasteiger partial charge in [0.25, 0.3) is 11.8 Å². The lowest BCUT2D eigenvalue weighted by Gasteiger charge is -2.50. The number of hydrogen-bond acceptors (Lipinski definition) is 8. The molecule has 2 aromatic rings. The Morgan fingerprint density at radius 3 is 2.33 bits per heavy atom. The fraction of sp³-hybridized carbons (Fsp3) is 0.455. The number of fused-ring (bicyclic) bond motifs is 4. The second kappa shape index (κ2) is 10.7. The molecule has 236 valence electrons. The average molecular weight is 655 g/mol. The molecule has 5 aliphatic rings. The number of nitrogens with zero attached hydrogens (tertiary/aromatic N) is 3. The molecule has 10 nitrogen and oxygen atoms in total. The van der Waals surface area contributed by atoms with E-state index >= 15 is 0 Å². The standard InChI is InChI=1S/C33H33Cl2N3O7/c1-3-45-24-6-4-5-22(27(24)39)26-20-11-12-21-25(23(20)17-32(34)30(42)36(2)31(43)33(26,32)35)29(41)38(28(21)40)19-9-7-18(8-10-19)37-13-15-44-16-14-37/h4-11,21,23,25-26,39H,3,12-17H2,1-2H3. The van der Waals surface area contributed by atoms with Crippen LogP contribution in [-0.2, 0) is 23.9 Å². The van der Waals surface area contributed by atoms with Gasteiger partial charge in [-0.3, -0.25) is 29.0 Å². The SMILES string of the molecule is CCOc1cccc(C2C3=CCC4C(=O)N(c5ccc(N6CCOCC6)cc5)C(=O)C4C3CC3(Cl)C(=O)N(C)C(=O)C23Cl)c1O. The van der Waals surface area contributed by atoms with E-state index in [-0.39, 0.29) is 42.4 Å². The zero-order valence-electron chi connectivity index (χ0n) is 24.9. The molecule has 4 fully saturated rings. The predicted molar refractivity (Wildman–Crippen MR) is 167 cm³/mol. The molecule has 0 spiro atoms. The highest BCUT2D eigenvalue weighted by molar-refractivity contribution is 6.53. The summed E-state index contributed by atoms with van der Waals surface area (Å²) in [6.45, 7) is 4.83. The van der Waals surface area contributed by atoms with Gasteiger partial charge in [0.15, 0.2) is 21.2 Å². The van der Waals surface area contributed by atoms with Crippen molar-refractivity contribution in [2.75, 3.05) is 49.8 Å². The number of hydrogen-bond donors (Lipinski definition) is 1. The summed E-state index contributed by atoms with van der Waals surface area (Å²) in [5.41, 5.74) is 2.31. The van der Waals surface area contributed by atoms with Gasteiger partial charge in [-0.2, -0.15) is 0 Å². The molecular formula is C33H33Cl2N3O7. The van der Waals surface area contributed by atoms with Gasteiger partial charge in [0, 0.05) is 37.3 Å². The average Bonchev–Trinajstić information content (AvgIpc) is 3.37. The summed E-state index contributed by atoms with van der Waals surface area (Å²) in [7, 11) is 1.33. The zero-order chi connectivity index (χ0) is 31.8. The number of amides is 4. The third kappa shape index (κ3) is 4.11. The summed E-state index contributed by atoms with van der Waals surface area (Å²) >= 11 is 14.5. The predicted octanol–water partition coefficient (Wildman–Crippen LogP) is 3.82. The summed E-state index contributed by atoms with van der Waals surface area (Å²) in [6.07, 6.45) is 1.95. The Kier molecular flexibility index (Phi) is 7.18. The van der Waals surface area contributed by atoms with Crippen LogP contribution in [0.25, 0.3) is 0 Å². The molecule has 1 saturated carbocycles. The number of phenols is 1. The number of anilines is 2. The first-order valence-electron chi connectivity index (χ1n) is 15.2. The van der Waals surface area contributed by atoms with Crippen LogP contribution in [0.1, 0.15) is 31.2 Å². The van der Waals surface area contributed by atoms with Gasteiger partial charge in [-0.15, -0.1) is 23.2 Å². The van der Waals surface area contributed by atoms with E-state index in [9.17, 15) is 24.3 Å². The lowest BCUT2D eigenvalue weighted by Crippen LogP contribution is -2.60. The Hall–Kier alpha value is -3.60. The van der Waals surface area contributed by atoms with Gasteiger partial charge in [0.2, 0.25) is 11.8 Å². The summed E-state index contributed by atoms with van der Waals surface area (Å²) in [4.78, 5) is 56.0. The number of benzene rings is 2. The van der Waals surface area contributed by atoms with Crippen molar-refractivity contribution in [1.29, 1.82) is 0 Å². The maximum atomic E-state index is 14.3. The highest BCUT2D eigenvalue weighted by Crippen LogP contribution is 2.66. The van der Waals surface area contributed by atoms with Gasteiger partial charge in [0.1, 0.15) is 0 Å². The molecule has 7 rings (SSSR count). The number of carbonyl (C=O) groups excluding carboxylic acids is 4. The van der Waals surface area contributed by atoms with Crippen molar-refractivity contribution in [3.8, 4) is 11.5 Å². The molecular weight excluding hydrogens is 621 g/mol. The van der Waals surface area contributed by atoms with Crippen LogP contribution < -0.4 is 14.5 Å². The number of halogens is 2. The molecule has 1 N–H and O–H groups in total. The Morgan fingerprint density at radius 2 is 1.64 bits per heavy atom. The fourth-order valence-electron chi connectivity index (χ4n) is 8.02. The van der Waals surface area contributed by atoms with E-state index in [1.54, 1.807) is 37.3 Å². The second-order valence-electron chi connectivity index (χ2n) is 12.3. The number of morpholine rings is 1. The monoisotopic (exact) mass is 653 g/mol. The molecule has 0 aromatic heterocycles. The maximum Gasteiger partial charge on any atom is 0.253 e. The van der Waals surface area contributed by atoms with Crippen LogP contribution in [0.3, 0.4) is 0 Å². The van der Waals surface area contributed by atoms with Gasteiger partial charge >= 0.3 is 0 Å². The van der Waals surface area contributed by atoms with E-state index < -0.39 is 51.1 Å². The highest BCUT2D eigenvalue weighted by atomic mass is 35.5. The van der Waals surface area contributed by atoms with Crippen molar-refractivity contribution in [2.24, 2.45) is 17.8 Å². The van der Waals surface area contributed by atoms with Gasteiger partial charge in [-0.05, 0) is 56.0 Å². The quantitative estimate of drug-likeness (QED) is 0.294. The van der Waals surface area contributed by atoms with Crippen molar-refractivity contribution in [3.05, 3.63) is 59.7 Å². The van der Waals surface area contributed by atoms with Gasteiger partial charge < -0.3 is 19.5 Å². The molecule has 3 saturated heterocycles. The van der Waals surface area contributed by atoms with E-state index in [4.69, 9.17) is 32.7 Å². The molecule has 0 radical (unpaired) electrons. The zero-order valence-corrected chi connectivity index (χ0v) is 26.4. The van der Waals surface area contributed by atoms with Gasteiger partial charge in [0.05, 0.1) is 37.3 Å². The van der Waals surface area contributed by atoms with Crippen LogP contribution in [0.5, 0.6) is 11.5 Å². The molecule has 6 unspecified atom stereocenters. The minimum Gasteiger partial charge on any atom is -0.504 e. The van der Waals surface area contributed by atoms with E-state index in [2.05, 4.69) is 4.90 Å². The minimum atomic E-state index is -1.99. The number of phenolic OH excluding ortho intramolecular Hbond substituents is 1. The Balaban J connectivity index is 1.30. The molecule has 2 aromatic carbocycles. The highest BCUT2D eigenvalue weighted by Gasteiger charge is 2.76. The summed E-state index contributed by atoms with van der Waals surface area (Å²) < 4.78 is 11.1. The topological polar surface area (TPSA) is 117 Å². The van der Waals surface area contributed by atoms with Crippen LogP contribution in [0.2, 0.25) is 0 Å². The van der Waals surface area contributed by atoms with Crippen LogP contribution >= 0.6 is 23.2 Å². The first-order chi connectivity index (χ1) is 21.5. The number of allylic oxidation sites excluding steroid dienone is 2. The first-order valence-corrected chi connectivity index (χ1v) is 16.0. The second-order valence-corrected chi connectivity index (χ2v) is 13.5. The van der Waals surface area contributed by atoms with Gasteiger partial charge in [-0.25, -0.2) is 0 Å². The Morgan fingerprint density at radius 1 is 0.956 bits per heavy atom. The Labute approximate surface area is 270 Å². The summed E-state index contributed by atoms with van der Waals surface area (Å²) in [5.74, 6) is -5.38. The number of imide groups is 2. The lowest BCUT2D eigenvalue weighted by atomic mass is 9.56.